The van der Waals surface area contributed by atoms with Crippen LogP contribution in [0.1, 0.15) is 17.4 Å². The van der Waals surface area contributed by atoms with Gasteiger partial charge in [-0.25, -0.2) is 4.79 Å². The van der Waals surface area contributed by atoms with Gasteiger partial charge in [-0.1, -0.05) is 0 Å². The number of carbonyl (C=O) groups excluding carboxylic acids is 1. The molecule has 0 spiro atoms. The van der Waals surface area contributed by atoms with Gasteiger partial charge in [0.25, 0.3) is 0 Å². The fraction of sp³-hybridized carbons (Fsp3) is 0.500. The van der Waals surface area contributed by atoms with Crippen LogP contribution in [0.4, 0.5) is 0 Å². The van der Waals surface area contributed by atoms with Gasteiger partial charge in [-0.15, -0.1) is 0 Å². The van der Waals surface area contributed by atoms with Crippen molar-refractivity contribution in [2.24, 2.45) is 5.73 Å². The van der Waals surface area contributed by atoms with Crippen LogP contribution >= 0.6 is 0 Å². The molecule has 0 aromatic carbocycles. The van der Waals surface area contributed by atoms with E-state index in [1.165, 1.54) is 11.8 Å². The van der Waals surface area contributed by atoms with Crippen LogP contribution in [0.2, 0.25) is 0 Å². The number of hydrogen-bond donors (Lipinski definition) is 1. The van der Waals surface area contributed by atoms with Gasteiger partial charge in [0.05, 0.1) is 13.7 Å². The van der Waals surface area contributed by atoms with E-state index < -0.39 is 5.97 Å². The Kier molecular flexibility index (Phi) is 3.02. The van der Waals surface area contributed by atoms with E-state index in [1.807, 2.05) is 6.92 Å². The van der Waals surface area contributed by atoms with Gasteiger partial charge in [0.2, 0.25) is 0 Å². The Morgan fingerprint density at radius 3 is 3.08 bits per heavy atom. The lowest BCUT2D eigenvalue weighted by molar-refractivity contribution is 0.0586. The molecular formula is C8H13N3O2. The average molecular weight is 183 g/mol. The van der Waals surface area contributed by atoms with Gasteiger partial charge >= 0.3 is 5.97 Å². The van der Waals surface area contributed by atoms with Crippen LogP contribution in [0.3, 0.4) is 0 Å². The highest BCUT2D eigenvalue weighted by Gasteiger charge is 2.12. The maximum Gasteiger partial charge on any atom is 0.356 e. The van der Waals surface area contributed by atoms with E-state index in [4.69, 9.17) is 5.73 Å². The molecule has 0 fully saturated rings. The van der Waals surface area contributed by atoms with E-state index in [9.17, 15) is 4.79 Å². The molecule has 0 bridgehead atoms. The lowest BCUT2D eigenvalue weighted by atomic mass is 10.3. The number of nitrogens with zero attached hydrogens (tertiary/aromatic N) is 2. The van der Waals surface area contributed by atoms with Gasteiger partial charge in [0.1, 0.15) is 5.69 Å². The van der Waals surface area contributed by atoms with Crippen molar-refractivity contribution in [2.45, 2.75) is 19.5 Å². The second-order valence-electron chi connectivity index (χ2n) is 2.87. The molecular weight excluding hydrogens is 170 g/mol. The van der Waals surface area contributed by atoms with E-state index in [2.05, 4.69) is 9.84 Å². The monoisotopic (exact) mass is 183 g/mol. The van der Waals surface area contributed by atoms with Crippen molar-refractivity contribution >= 4 is 5.97 Å². The summed E-state index contributed by atoms with van der Waals surface area (Å²) in [6.07, 6.45) is 1.55. The summed E-state index contributed by atoms with van der Waals surface area (Å²) >= 11 is 0. The highest BCUT2D eigenvalue weighted by molar-refractivity contribution is 5.87. The Bertz CT molecular complexity index is 293. The van der Waals surface area contributed by atoms with Crippen molar-refractivity contribution in [3.63, 3.8) is 0 Å². The van der Waals surface area contributed by atoms with Crippen LogP contribution in [0, 0.1) is 0 Å². The quantitative estimate of drug-likeness (QED) is 0.670. The third-order valence-corrected chi connectivity index (χ3v) is 1.57. The third-order valence-electron chi connectivity index (χ3n) is 1.57. The van der Waals surface area contributed by atoms with Crippen LogP contribution < -0.4 is 5.73 Å². The molecule has 1 aromatic heterocycles. The van der Waals surface area contributed by atoms with E-state index in [0.717, 1.165) is 0 Å². The van der Waals surface area contributed by atoms with Crippen LogP contribution in [0.25, 0.3) is 0 Å². The van der Waals surface area contributed by atoms with E-state index in [-0.39, 0.29) is 6.04 Å². The lowest BCUT2D eigenvalue weighted by Gasteiger charge is -2.07. The summed E-state index contributed by atoms with van der Waals surface area (Å²) in [7, 11) is 1.34. The Hall–Kier alpha value is -1.36. The lowest BCUT2D eigenvalue weighted by Crippen LogP contribution is -2.25. The van der Waals surface area contributed by atoms with Crippen molar-refractivity contribution in [2.75, 3.05) is 7.11 Å². The highest BCUT2D eigenvalue weighted by Crippen LogP contribution is 2.01. The zero-order valence-corrected chi connectivity index (χ0v) is 7.73. The molecule has 1 atom stereocenters. The molecule has 1 rings (SSSR count). The summed E-state index contributed by atoms with van der Waals surface area (Å²) in [5.74, 6) is -0.391. The number of hydrogen-bond acceptors (Lipinski definition) is 4. The Labute approximate surface area is 76.5 Å². The van der Waals surface area contributed by atoms with Gasteiger partial charge in [-0.05, 0) is 13.0 Å². The number of carbonyl (C=O) groups is 1. The molecule has 1 aromatic rings. The maximum atomic E-state index is 11.2. The van der Waals surface area contributed by atoms with Crippen LogP contribution in [-0.2, 0) is 11.3 Å². The van der Waals surface area contributed by atoms with Crippen molar-refractivity contribution in [3.8, 4) is 0 Å². The van der Waals surface area contributed by atoms with Crippen molar-refractivity contribution in [1.82, 2.24) is 9.78 Å². The van der Waals surface area contributed by atoms with Crippen molar-refractivity contribution < 1.29 is 9.53 Å². The van der Waals surface area contributed by atoms with Crippen LogP contribution in [0.5, 0.6) is 0 Å². The average Bonchev–Trinajstić information content (AvgIpc) is 2.50. The predicted molar refractivity (Wildman–Crippen MR) is 47.2 cm³/mol. The van der Waals surface area contributed by atoms with E-state index in [1.54, 1.807) is 12.3 Å². The van der Waals surface area contributed by atoms with Gasteiger partial charge in [-0.3, -0.25) is 4.68 Å². The number of rotatable bonds is 3. The first-order chi connectivity index (χ1) is 6.15. The van der Waals surface area contributed by atoms with Crippen molar-refractivity contribution in [1.29, 1.82) is 0 Å². The number of esters is 1. The standard InChI is InChI=1S/C8H13N3O2/c1-6(9)5-11-7(3-4-10-11)8(12)13-2/h3-4,6H,5,9H2,1-2H3. The second kappa shape index (κ2) is 4.04. The first kappa shape index (κ1) is 9.73. The molecule has 72 valence electrons. The topological polar surface area (TPSA) is 70.1 Å². The normalized spacial score (nSPS) is 12.5. The summed E-state index contributed by atoms with van der Waals surface area (Å²) in [6, 6.07) is 1.57. The molecule has 13 heavy (non-hydrogen) atoms. The number of nitrogens with two attached hydrogens (primary N) is 1. The molecule has 0 amide bonds. The fourth-order valence-corrected chi connectivity index (χ4v) is 1.03. The number of ether oxygens (including phenoxy) is 1. The third kappa shape index (κ3) is 2.29. The Balaban J connectivity index is 2.83. The first-order valence-corrected chi connectivity index (χ1v) is 4.01. The molecule has 5 nitrogen and oxygen atoms in total. The van der Waals surface area contributed by atoms with Gasteiger partial charge in [0.15, 0.2) is 0 Å². The molecule has 2 N–H and O–H groups in total. The van der Waals surface area contributed by atoms with E-state index in [0.29, 0.717) is 12.2 Å². The zero-order valence-electron chi connectivity index (χ0n) is 7.73. The molecule has 5 heteroatoms. The molecule has 0 saturated heterocycles. The van der Waals surface area contributed by atoms with Crippen LogP contribution in [-0.4, -0.2) is 28.9 Å². The number of aromatic nitrogens is 2. The minimum atomic E-state index is -0.391. The Morgan fingerprint density at radius 2 is 2.54 bits per heavy atom. The predicted octanol–water partition coefficient (Wildman–Crippen LogP) is 0.0169. The smallest absolute Gasteiger partial charge is 0.356 e. The molecule has 0 aliphatic rings. The number of methoxy groups -OCH3 is 1. The van der Waals surface area contributed by atoms with Gasteiger partial charge < -0.3 is 10.5 Å². The summed E-state index contributed by atoms with van der Waals surface area (Å²) in [4.78, 5) is 11.2. The molecule has 1 heterocycles. The second-order valence-corrected chi connectivity index (χ2v) is 2.87. The minimum absolute atomic E-state index is 0.0386. The first-order valence-electron chi connectivity index (χ1n) is 4.01. The fourth-order valence-electron chi connectivity index (χ4n) is 1.03. The molecule has 0 radical (unpaired) electrons. The largest absolute Gasteiger partial charge is 0.464 e. The molecule has 1 unspecified atom stereocenters. The van der Waals surface area contributed by atoms with E-state index >= 15 is 0 Å². The zero-order chi connectivity index (χ0) is 9.84. The van der Waals surface area contributed by atoms with Crippen LogP contribution in [0.15, 0.2) is 12.3 Å². The SMILES string of the molecule is COC(=O)c1ccnn1CC(C)N. The Morgan fingerprint density at radius 1 is 1.85 bits per heavy atom. The minimum Gasteiger partial charge on any atom is -0.464 e. The maximum absolute atomic E-state index is 11.2. The summed E-state index contributed by atoms with van der Waals surface area (Å²) in [6.45, 7) is 2.36. The summed E-state index contributed by atoms with van der Waals surface area (Å²) in [5, 5.41) is 3.96. The molecule has 0 aliphatic heterocycles. The van der Waals surface area contributed by atoms with Gasteiger partial charge in [-0.2, -0.15) is 5.10 Å². The summed E-state index contributed by atoms with van der Waals surface area (Å²) < 4.78 is 6.11. The van der Waals surface area contributed by atoms with Crippen molar-refractivity contribution in [3.05, 3.63) is 18.0 Å². The van der Waals surface area contributed by atoms with Gasteiger partial charge in [0, 0.05) is 12.2 Å². The molecule has 0 saturated carbocycles. The highest BCUT2D eigenvalue weighted by atomic mass is 16.5. The molecule has 0 aliphatic carbocycles. The summed E-state index contributed by atoms with van der Waals surface area (Å²) in [5.41, 5.74) is 6.01.